The number of aryl methyl sites for hydroxylation is 1. The number of carbonyl (C=O) groups excluding carboxylic acids is 1. The van der Waals surface area contributed by atoms with Crippen LogP contribution in [0.3, 0.4) is 0 Å². The van der Waals surface area contributed by atoms with Gasteiger partial charge in [-0.1, -0.05) is 60.7 Å². The molecule has 0 aromatic heterocycles. The van der Waals surface area contributed by atoms with Crippen LogP contribution in [0.5, 0.6) is 11.5 Å². The second kappa shape index (κ2) is 7.73. The van der Waals surface area contributed by atoms with E-state index >= 15 is 0 Å². The van der Waals surface area contributed by atoms with Gasteiger partial charge in [0.1, 0.15) is 11.5 Å². The number of phenols is 2. The average Bonchev–Trinajstić information content (AvgIpc) is 2.70. The predicted octanol–water partition coefficient (Wildman–Crippen LogP) is 5.49. The molecule has 28 heavy (non-hydrogen) atoms. The Balaban J connectivity index is 1.61. The fraction of sp³-hybridized carbons (Fsp3) is 0.160. The van der Waals surface area contributed by atoms with Crippen molar-refractivity contribution in [2.75, 3.05) is 0 Å². The third kappa shape index (κ3) is 3.31. The largest absolute Gasteiger partial charge is 0.507 e. The van der Waals surface area contributed by atoms with E-state index in [9.17, 15) is 15.0 Å². The first-order valence-electron chi connectivity index (χ1n) is 9.60. The topological polar surface area (TPSA) is 57.5 Å². The number of ketones is 1. The highest BCUT2D eigenvalue weighted by molar-refractivity contribution is 6.21. The van der Waals surface area contributed by atoms with Gasteiger partial charge < -0.3 is 10.2 Å². The lowest BCUT2D eigenvalue weighted by molar-refractivity contribution is 0.103. The van der Waals surface area contributed by atoms with Crippen molar-refractivity contribution in [3.05, 3.63) is 101 Å². The summed E-state index contributed by atoms with van der Waals surface area (Å²) in [5, 5.41) is 20.5. The van der Waals surface area contributed by atoms with Crippen molar-refractivity contribution in [3.63, 3.8) is 0 Å². The fourth-order valence-corrected chi connectivity index (χ4v) is 3.86. The van der Waals surface area contributed by atoms with Crippen LogP contribution in [0.15, 0.2) is 72.8 Å². The van der Waals surface area contributed by atoms with Crippen LogP contribution in [-0.4, -0.2) is 16.0 Å². The molecule has 0 radical (unpaired) electrons. The van der Waals surface area contributed by atoms with Crippen LogP contribution in [0.4, 0.5) is 0 Å². The van der Waals surface area contributed by atoms with Gasteiger partial charge in [-0.05, 0) is 60.1 Å². The van der Waals surface area contributed by atoms with Crippen molar-refractivity contribution >= 4 is 11.4 Å². The second-order valence-electron chi connectivity index (χ2n) is 7.08. The molecule has 0 fully saturated rings. The normalized spacial score (nSPS) is 12.4. The quantitative estimate of drug-likeness (QED) is 0.457. The Hall–Kier alpha value is -3.33. The van der Waals surface area contributed by atoms with Crippen molar-refractivity contribution in [1.29, 1.82) is 0 Å². The molecule has 0 unspecified atom stereocenters. The number of aromatic hydroxyl groups is 2. The van der Waals surface area contributed by atoms with Crippen LogP contribution < -0.4 is 0 Å². The average molecular weight is 370 g/mol. The Morgan fingerprint density at radius 2 is 1.32 bits per heavy atom. The maximum absolute atomic E-state index is 12.9. The maximum atomic E-state index is 12.9. The molecular formula is C25H22O3. The second-order valence-corrected chi connectivity index (χ2v) is 7.08. The summed E-state index contributed by atoms with van der Waals surface area (Å²) >= 11 is 0. The van der Waals surface area contributed by atoms with Gasteiger partial charge >= 0.3 is 0 Å². The number of unbranched alkanes of at least 4 members (excludes halogenated alkanes) is 2. The summed E-state index contributed by atoms with van der Waals surface area (Å²) < 4.78 is 0. The first kappa shape index (κ1) is 18.1. The van der Waals surface area contributed by atoms with Crippen molar-refractivity contribution in [2.45, 2.75) is 25.7 Å². The predicted molar refractivity (Wildman–Crippen MR) is 111 cm³/mol. The van der Waals surface area contributed by atoms with Crippen LogP contribution in [0.25, 0.3) is 5.57 Å². The molecule has 2 N–H and O–H groups in total. The van der Waals surface area contributed by atoms with Gasteiger partial charge in [-0.25, -0.2) is 0 Å². The van der Waals surface area contributed by atoms with Gasteiger partial charge in [0, 0.05) is 0 Å². The molecule has 140 valence electrons. The van der Waals surface area contributed by atoms with Gasteiger partial charge in [0.05, 0.1) is 11.1 Å². The van der Waals surface area contributed by atoms with Crippen molar-refractivity contribution < 1.29 is 15.0 Å². The lowest BCUT2D eigenvalue weighted by Gasteiger charge is -2.23. The van der Waals surface area contributed by atoms with Gasteiger partial charge in [0.2, 0.25) is 5.78 Å². The highest BCUT2D eigenvalue weighted by atomic mass is 16.3. The maximum Gasteiger partial charge on any atom is 0.201 e. The smallest absolute Gasteiger partial charge is 0.201 e. The molecular weight excluding hydrogens is 348 g/mol. The molecule has 3 nitrogen and oxygen atoms in total. The van der Waals surface area contributed by atoms with Crippen LogP contribution in [-0.2, 0) is 6.42 Å². The Labute approximate surface area is 164 Å². The first-order chi connectivity index (χ1) is 13.7. The zero-order chi connectivity index (χ0) is 19.5. The van der Waals surface area contributed by atoms with E-state index in [0.717, 1.165) is 42.4 Å². The van der Waals surface area contributed by atoms with E-state index in [-0.39, 0.29) is 28.4 Å². The summed E-state index contributed by atoms with van der Waals surface area (Å²) in [4.78, 5) is 12.9. The number of rotatable bonds is 5. The molecule has 4 rings (SSSR count). The van der Waals surface area contributed by atoms with Crippen molar-refractivity contribution in [3.8, 4) is 11.5 Å². The van der Waals surface area contributed by atoms with Crippen LogP contribution >= 0.6 is 0 Å². The van der Waals surface area contributed by atoms with E-state index in [0.29, 0.717) is 0 Å². The van der Waals surface area contributed by atoms with Gasteiger partial charge in [0.15, 0.2) is 0 Å². The Morgan fingerprint density at radius 1 is 0.714 bits per heavy atom. The number of fused-ring (bicyclic) bond motifs is 2. The van der Waals surface area contributed by atoms with Gasteiger partial charge in [0.25, 0.3) is 0 Å². The van der Waals surface area contributed by atoms with Crippen LogP contribution in [0, 0.1) is 0 Å². The van der Waals surface area contributed by atoms with E-state index in [1.165, 1.54) is 17.7 Å². The van der Waals surface area contributed by atoms with Gasteiger partial charge in [-0.2, -0.15) is 0 Å². The van der Waals surface area contributed by atoms with E-state index < -0.39 is 0 Å². The van der Waals surface area contributed by atoms with E-state index in [1.807, 2.05) is 18.2 Å². The van der Waals surface area contributed by atoms with Gasteiger partial charge in [-0.3, -0.25) is 4.79 Å². The third-order valence-electron chi connectivity index (χ3n) is 5.23. The minimum Gasteiger partial charge on any atom is -0.507 e. The van der Waals surface area contributed by atoms with E-state index in [4.69, 9.17) is 0 Å². The molecule has 0 bridgehead atoms. The van der Waals surface area contributed by atoms with E-state index in [2.05, 4.69) is 30.3 Å². The lowest BCUT2D eigenvalue weighted by Crippen LogP contribution is -2.15. The summed E-state index contributed by atoms with van der Waals surface area (Å²) in [6.45, 7) is 0. The molecule has 1 aliphatic carbocycles. The molecule has 0 amide bonds. The summed E-state index contributed by atoms with van der Waals surface area (Å²) in [7, 11) is 0. The van der Waals surface area contributed by atoms with Gasteiger partial charge in [-0.15, -0.1) is 0 Å². The summed E-state index contributed by atoms with van der Waals surface area (Å²) in [5.41, 5.74) is 4.23. The highest BCUT2D eigenvalue weighted by Gasteiger charge is 2.31. The molecule has 3 aromatic rings. The first-order valence-corrected chi connectivity index (χ1v) is 9.60. The zero-order valence-electron chi connectivity index (χ0n) is 15.6. The Morgan fingerprint density at radius 3 is 1.93 bits per heavy atom. The SMILES string of the molecule is O=C1c2c(O)cccc2C(=CCCCCc2ccccc2)c2cccc(O)c21. The number of hydrogen-bond donors (Lipinski definition) is 2. The third-order valence-corrected chi connectivity index (χ3v) is 5.23. The number of benzene rings is 3. The standard InChI is InChI=1S/C25H22O3/c26-21-15-7-13-19-18(12-6-2-5-11-17-9-3-1-4-10-17)20-14-8-16-22(27)24(20)25(28)23(19)21/h1,3-4,7-10,12-16,26-27H,2,5-6,11H2. The minimum absolute atomic E-state index is 0.0496. The zero-order valence-corrected chi connectivity index (χ0v) is 15.6. The summed E-state index contributed by atoms with van der Waals surface area (Å²) in [6.07, 6.45) is 6.12. The number of hydrogen-bond acceptors (Lipinski definition) is 3. The number of phenolic OH excluding ortho intramolecular Hbond substituents is 2. The summed E-state index contributed by atoms with van der Waals surface area (Å²) in [5.74, 6) is -0.430. The van der Waals surface area contributed by atoms with Crippen molar-refractivity contribution in [2.24, 2.45) is 0 Å². The molecule has 0 saturated heterocycles. The molecule has 3 heteroatoms. The molecule has 0 atom stereocenters. The summed E-state index contributed by atoms with van der Waals surface area (Å²) in [6, 6.07) is 20.7. The molecule has 3 aromatic carbocycles. The molecule has 0 aliphatic heterocycles. The number of allylic oxidation sites excluding steroid dienone is 1. The van der Waals surface area contributed by atoms with Crippen LogP contribution in [0.2, 0.25) is 0 Å². The Kier molecular flexibility index (Phi) is 4.98. The Bertz CT molecular complexity index is 991. The minimum atomic E-state index is -0.331. The molecule has 0 saturated carbocycles. The molecule has 0 spiro atoms. The van der Waals surface area contributed by atoms with Crippen LogP contribution in [0.1, 0.15) is 51.9 Å². The molecule has 1 aliphatic rings. The lowest BCUT2D eigenvalue weighted by atomic mass is 9.80. The number of carbonyl (C=O) groups is 1. The highest BCUT2D eigenvalue weighted by Crippen LogP contribution is 2.42. The monoisotopic (exact) mass is 370 g/mol. The van der Waals surface area contributed by atoms with Crippen molar-refractivity contribution in [1.82, 2.24) is 0 Å². The van der Waals surface area contributed by atoms with E-state index in [1.54, 1.807) is 12.1 Å². The fourth-order valence-electron chi connectivity index (χ4n) is 3.86. The molecule has 0 heterocycles.